The standard InChI is InChI=1S/C12H11FN2/c13-11-4-1-5-12(7-11)15-9-10-3-2-6-14-8-10/h1-8,15H,9H2. The zero-order valence-electron chi connectivity index (χ0n) is 8.15. The molecule has 0 aliphatic rings. The van der Waals surface area contributed by atoms with Gasteiger partial charge in [0, 0.05) is 24.6 Å². The average Bonchev–Trinajstić information content (AvgIpc) is 2.28. The molecule has 1 aromatic carbocycles. The maximum Gasteiger partial charge on any atom is 0.125 e. The van der Waals surface area contributed by atoms with Gasteiger partial charge in [-0.1, -0.05) is 12.1 Å². The molecule has 2 rings (SSSR count). The summed E-state index contributed by atoms with van der Waals surface area (Å²) in [5.41, 5.74) is 1.85. The van der Waals surface area contributed by atoms with Crippen LogP contribution in [0.2, 0.25) is 0 Å². The van der Waals surface area contributed by atoms with Crippen LogP contribution in [0.1, 0.15) is 5.56 Å². The van der Waals surface area contributed by atoms with Crippen molar-refractivity contribution in [1.29, 1.82) is 0 Å². The Balaban J connectivity index is 1.99. The predicted octanol–water partition coefficient (Wildman–Crippen LogP) is 2.83. The summed E-state index contributed by atoms with van der Waals surface area (Å²) in [5, 5.41) is 3.12. The number of nitrogens with zero attached hydrogens (tertiary/aromatic N) is 1. The molecule has 15 heavy (non-hydrogen) atoms. The highest BCUT2D eigenvalue weighted by molar-refractivity contribution is 5.43. The van der Waals surface area contributed by atoms with Gasteiger partial charge in [-0.05, 0) is 29.8 Å². The minimum absolute atomic E-state index is 0.230. The summed E-state index contributed by atoms with van der Waals surface area (Å²) in [4.78, 5) is 4.00. The van der Waals surface area contributed by atoms with Gasteiger partial charge in [0.05, 0.1) is 0 Å². The molecule has 1 heterocycles. The van der Waals surface area contributed by atoms with Crippen molar-refractivity contribution >= 4 is 5.69 Å². The third-order valence-electron chi connectivity index (χ3n) is 2.04. The highest BCUT2D eigenvalue weighted by Gasteiger charge is 1.95. The van der Waals surface area contributed by atoms with E-state index in [0.717, 1.165) is 11.3 Å². The highest BCUT2D eigenvalue weighted by Crippen LogP contribution is 2.10. The Morgan fingerprint density at radius 1 is 1.20 bits per heavy atom. The van der Waals surface area contributed by atoms with E-state index in [0.29, 0.717) is 6.54 Å². The number of pyridine rings is 1. The first-order valence-electron chi connectivity index (χ1n) is 4.73. The van der Waals surface area contributed by atoms with Crippen molar-refractivity contribution in [2.75, 3.05) is 5.32 Å². The van der Waals surface area contributed by atoms with Crippen molar-refractivity contribution in [3.8, 4) is 0 Å². The van der Waals surface area contributed by atoms with Crippen LogP contribution >= 0.6 is 0 Å². The molecule has 0 bridgehead atoms. The molecular formula is C12H11FN2. The SMILES string of the molecule is Fc1cccc(NCc2cccnc2)c1. The first kappa shape index (κ1) is 9.65. The van der Waals surface area contributed by atoms with Crippen LogP contribution < -0.4 is 5.32 Å². The Morgan fingerprint density at radius 2 is 2.13 bits per heavy atom. The molecule has 0 amide bonds. The van der Waals surface area contributed by atoms with Crippen molar-refractivity contribution in [2.45, 2.75) is 6.54 Å². The van der Waals surface area contributed by atoms with Crippen LogP contribution in [0.5, 0.6) is 0 Å². The van der Waals surface area contributed by atoms with E-state index in [2.05, 4.69) is 10.3 Å². The highest BCUT2D eigenvalue weighted by atomic mass is 19.1. The van der Waals surface area contributed by atoms with Gasteiger partial charge in [0.1, 0.15) is 5.82 Å². The monoisotopic (exact) mass is 202 g/mol. The van der Waals surface area contributed by atoms with E-state index in [9.17, 15) is 4.39 Å². The first-order valence-corrected chi connectivity index (χ1v) is 4.73. The molecule has 3 heteroatoms. The largest absolute Gasteiger partial charge is 0.381 e. The van der Waals surface area contributed by atoms with Crippen LogP contribution in [0, 0.1) is 5.82 Å². The fraction of sp³-hybridized carbons (Fsp3) is 0.0833. The zero-order valence-corrected chi connectivity index (χ0v) is 8.15. The molecule has 0 atom stereocenters. The molecule has 2 nitrogen and oxygen atoms in total. The molecule has 76 valence electrons. The number of halogens is 1. The summed E-state index contributed by atoms with van der Waals surface area (Å²) in [5.74, 6) is -0.230. The Hall–Kier alpha value is -1.90. The Bertz CT molecular complexity index is 429. The number of hydrogen-bond acceptors (Lipinski definition) is 2. The van der Waals surface area contributed by atoms with Crippen molar-refractivity contribution in [2.24, 2.45) is 0 Å². The lowest BCUT2D eigenvalue weighted by Gasteiger charge is -2.05. The fourth-order valence-electron chi connectivity index (χ4n) is 1.31. The summed E-state index contributed by atoms with van der Waals surface area (Å²) in [6.07, 6.45) is 3.51. The number of hydrogen-bond donors (Lipinski definition) is 1. The fourth-order valence-corrected chi connectivity index (χ4v) is 1.31. The third-order valence-corrected chi connectivity index (χ3v) is 2.04. The van der Waals surface area contributed by atoms with Gasteiger partial charge >= 0.3 is 0 Å². The Kier molecular flexibility index (Phi) is 2.93. The maximum absolute atomic E-state index is 12.8. The predicted molar refractivity (Wildman–Crippen MR) is 58.0 cm³/mol. The third kappa shape index (κ3) is 2.77. The van der Waals surface area contributed by atoms with E-state index in [4.69, 9.17) is 0 Å². The summed E-state index contributed by atoms with van der Waals surface area (Å²) in [6.45, 7) is 0.650. The van der Waals surface area contributed by atoms with Crippen molar-refractivity contribution in [3.63, 3.8) is 0 Å². The van der Waals surface area contributed by atoms with Crippen LogP contribution in [-0.4, -0.2) is 4.98 Å². The lowest BCUT2D eigenvalue weighted by Crippen LogP contribution is -1.99. The van der Waals surface area contributed by atoms with Gasteiger partial charge in [0.25, 0.3) is 0 Å². The number of rotatable bonds is 3. The van der Waals surface area contributed by atoms with Gasteiger partial charge < -0.3 is 5.32 Å². The molecule has 1 N–H and O–H groups in total. The summed E-state index contributed by atoms with van der Waals surface area (Å²) >= 11 is 0. The normalized spacial score (nSPS) is 9.93. The Labute approximate surface area is 87.8 Å². The average molecular weight is 202 g/mol. The molecule has 0 aliphatic heterocycles. The van der Waals surface area contributed by atoms with Gasteiger partial charge in [0.2, 0.25) is 0 Å². The van der Waals surface area contributed by atoms with Crippen LogP contribution in [0.3, 0.4) is 0 Å². The lowest BCUT2D eigenvalue weighted by molar-refractivity contribution is 0.628. The zero-order chi connectivity index (χ0) is 10.5. The number of anilines is 1. The van der Waals surface area contributed by atoms with E-state index in [1.54, 1.807) is 18.5 Å². The topological polar surface area (TPSA) is 24.9 Å². The smallest absolute Gasteiger partial charge is 0.125 e. The summed E-state index contributed by atoms with van der Waals surface area (Å²) < 4.78 is 12.8. The van der Waals surface area contributed by atoms with Gasteiger partial charge in [-0.2, -0.15) is 0 Å². The minimum Gasteiger partial charge on any atom is -0.381 e. The van der Waals surface area contributed by atoms with Crippen LogP contribution in [0.25, 0.3) is 0 Å². The van der Waals surface area contributed by atoms with Gasteiger partial charge in [0.15, 0.2) is 0 Å². The number of nitrogens with one attached hydrogen (secondary N) is 1. The molecular weight excluding hydrogens is 191 g/mol. The molecule has 0 radical (unpaired) electrons. The second kappa shape index (κ2) is 4.55. The maximum atomic E-state index is 12.8. The number of benzene rings is 1. The van der Waals surface area contributed by atoms with Crippen molar-refractivity contribution in [3.05, 3.63) is 60.2 Å². The van der Waals surface area contributed by atoms with Gasteiger partial charge in [-0.15, -0.1) is 0 Å². The van der Waals surface area contributed by atoms with E-state index in [1.165, 1.54) is 12.1 Å². The van der Waals surface area contributed by atoms with Crippen LogP contribution in [0.4, 0.5) is 10.1 Å². The van der Waals surface area contributed by atoms with E-state index < -0.39 is 0 Å². The molecule has 0 saturated heterocycles. The van der Waals surface area contributed by atoms with Crippen molar-refractivity contribution < 1.29 is 4.39 Å². The molecule has 0 saturated carbocycles. The second-order valence-corrected chi connectivity index (χ2v) is 3.23. The summed E-state index contributed by atoms with van der Waals surface area (Å²) in [6, 6.07) is 10.3. The molecule has 0 unspecified atom stereocenters. The van der Waals surface area contributed by atoms with Crippen LogP contribution in [0.15, 0.2) is 48.8 Å². The molecule has 2 aromatic rings. The molecule has 0 spiro atoms. The van der Waals surface area contributed by atoms with Gasteiger partial charge in [-0.3, -0.25) is 4.98 Å². The lowest BCUT2D eigenvalue weighted by atomic mass is 10.2. The second-order valence-electron chi connectivity index (χ2n) is 3.23. The molecule has 0 fully saturated rings. The number of aromatic nitrogens is 1. The van der Waals surface area contributed by atoms with Crippen LogP contribution in [-0.2, 0) is 6.54 Å². The first-order chi connectivity index (χ1) is 7.34. The molecule has 1 aromatic heterocycles. The minimum atomic E-state index is -0.230. The van der Waals surface area contributed by atoms with E-state index in [-0.39, 0.29) is 5.82 Å². The van der Waals surface area contributed by atoms with Gasteiger partial charge in [-0.25, -0.2) is 4.39 Å². The van der Waals surface area contributed by atoms with E-state index in [1.807, 2.05) is 18.2 Å². The quantitative estimate of drug-likeness (QED) is 0.827. The summed E-state index contributed by atoms with van der Waals surface area (Å²) in [7, 11) is 0. The Morgan fingerprint density at radius 3 is 2.87 bits per heavy atom. The van der Waals surface area contributed by atoms with Crippen molar-refractivity contribution in [1.82, 2.24) is 4.98 Å². The van der Waals surface area contributed by atoms with E-state index >= 15 is 0 Å². The molecule has 0 aliphatic carbocycles.